The summed E-state index contributed by atoms with van der Waals surface area (Å²) >= 11 is 1.48. The molecule has 6 heteroatoms. The molecule has 0 saturated heterocycles. The number of thiophene rings is 1. The van der Waals surface area contributed by atoms with E-state index < -0.39 is 17.8 Å². The van der Waals surface area contributed by atoms with Crippen LogP contribution in [-0.4, -0.2) is 11.9 Å². The molecule has 1 fully saturated rings. The molecule has 0 radical (unpaired) electrons. The van der Waals surface area contributed by atoms with Gasteiger partial charge in [-0.15, -0.1) is 11.3 Å². The molecule has 1 aromatic rings. The van der Waals surface area contributed by atoms with Crippen LogP contribution in [0.2, 0.25) is 0 Å². The number of carboxylic acids is 1. The molecule has 1 aromatic heterocycles. The number of hydrogen-bond acceptors (Lipinski definition) is 5. The number of hydrogen-bond donors (Lipinski definition) is 1. The lowest BCUT2D eigenvalue weighted by Crippen LogP contribution is -2.42. The molecule has 1 N–H and O–H groups in total. The van der Waals surface area contributed by atoms with Crippen LogP contribution in [0, 0.1) is 35.0 Å². The molecule has 0 aromatic carbocycles. The second-order valence-electron chi connectivity index (χ2n) is 7.19. The lowest BCUT2D eigenvalue weighted by Gasteiger charge is -2.27. The summed E-state index contributed by atoms with van der Waals surface area (Å²) in [5, 5.41) is 24.5. The Kier molecular flexibility index (Phi) is 4.12. The molecule has 4 rings (SSSR count). The Balaban J connectivity index is 1.60. The number of aryl methyl sites for hydroxylation is 1. The Morgan fingerprint density at radius 1 is 1.16 bits per heavy atom. The van der Waals surface area contributed by atoms with Gasteiger partial charge in [-0.25, -0.2) is 0 Å². The van der Waals surface area contributed by atoms with Crippen molar-refractivity contribution in [3.63, 3.8) is 0 Å². The fraction of sp³-hybridized carbons (Fsp3) is 0.526. The van der Waals surface area contributed by atoms with Gasteiger partial charge >= 0.3 is 0 Å². The van der Waals surface area contributed by atoms with Crippen molar-refractivity contribution in [1.82, 2.24) is 0 Å². The summed E-state index contributed by atoms with van der Waals surface area (Å²) in [6, 6.07) is 2.25. The monoisotopic (exact) mass is 355 g/mol. The molecule has 1 amide bonds. The van der Waals surface area contributed by atoms with Crippen molar-refractivity contribution in [2.24, 2.45) is 23.7 Å². The van der Waals surface area contributed by atoms with Crippen LogP contribution in [0.25, 0.3) is 0 Å². The number of aliphatic carboxylic acids is 1. The van der Waals surface area contributed by atoms with E-state index in [0.29, 0.717) is 17.0 Å². The van der Waals surface area contributed by atoms with Gasteiger partial charge in [0.15, 0.2) is 0 Å². The molecule has 1 heterocycles. The number of nitrogens with one attached hydrogen (secondary N) is 1. The number of nitrogens with zero attached hydrogens (tertiary/aromatic N) is 1. The first-order valence-electron chi connectivity index (χ1n) is 8.85. The van der Waals surface area contributed by atoms with Crippen LogP contribution in [-0.2, 0) is 22.4 Å². The first-order chi connectivity index (χ1) is 12.1. The number of carbonyl (C=O) groups is 2. The van der Waals surface area contributed by atoms with E-state index in [-0.39, 0.29) is 17.7 Å². The smallest absolute Gasteiger partial charge is 0.229 e. The van der Waals surface area contributed by atoms with E-state index >= 15 is 0 Å². The third-order valence-electron chi connectivity index (χ3n) is 5.80. The van der Waals surface area contributed by atoms with Gasteiger partial charge in [0.05, 0.1) is 11.5 Å². The Hall–Kier alpha value is -2.13. The minimum atomic E-state index is -1.15. The second-order valence-corrected chi connectivity index (χ2v) is 8.29. The third-order valence-corrected chi connectivity index (χ3v) is 7.01. The lowest BCUT2D eigenvalue weighted by atomic mass is 9.82. The summed E-state index contributed by atoms with van der Waals surface area (Å²) in [7, 11) is 0. The molecule has 2 bridgehead atoms. The van der Waals surface area contributed by atoms with Crippen LogP contribution in [0.4, 0.5) is 5.00 Å². The number of nitriles is 1. The molecule has 3 aliphatic carbocycles. The van der Waals surface area contributed by atoms with Gasteiger partial charge in [0.1, 0.15) is 11.1 Å². The highest BCUT2D eigenvalue weighted by molar-refractivity contribution is 7.16. The maximum absolute atomic E-state index is 12.8. The zero-order chi connectivity index (χ0) is 17.6. The SMILES string of the molecule is N#Cc1c(NC(=O)[C@H]2[C@@H](C(=O)[O-])[C@H]3C=C[C@@H]2C3)sc2c1CCCCC2. The van der Waals surface area contributed by atoms with Gasteiger partial charge in [-0.1, -0.05) is 18.6 Å². The maximum atomic E-state index is 12.8. The van der Waals surface area contributed by atoms with E-state index in [1.165, 1.54) is 22.6 Å². The van der Waals surface area contributed by atoms with Crippen molar-refractivity contribution in [3.05, 3.63) is 28.2 Å². The van der Waals surface area contributed by atoms with Gasteiger partial charge in [-0.3, -0.25) is 4.79 Å². The molecule has 25 heavy (non-hydrogen) atoms. The summed E-state index contributed by atoms with van der Waals surface area (Å²) in [5.41, 5.74) is 1.64. The summed E-state index contributed by atoms with van der Waals surface area (Å²) in [6.45, 7) is 0. The zero-order valence-electron chi connectivity index (χ0n) is 13.8. The van der Waals surface area contributed by atoms with Crippen molar-refractivity contribution in [2.45, 2.75) is 38.5 Å². The fourth-order valence-corrected chi connectivity index (χ4v) is 5.89. The molecular weight excluding hydrogens is 336 g/mol. The average molecular weight is 355 g/mol. The van der Waals surface area contributed by atoms with E-state index in [1.807, 2.05) is 12.2 Å². The number of amides is 1. The van der Waals surface area contributed by atoms with Crippen molar-refractivity contribution in [1.29, 1.82) is 5.26 Å². The van der Waals surface area contributed by atoms with E-state index in [0.717, 1.165) is 31.2 Å². The molecule has 0 unspecified atom stereocenters. The molecule has 130 valence electrons. The van der Waals surface area contributed by atoms with Gasteiger partial charge in [0.25, 0.3) is 0 Å². The summed E-state index contributed by atoms with van der Waals surface area (Å²) < 4.78 is 0. The highest BCUT2D eigenvalue weighted by Crippen LogP contribution is 2.48. The third kappa shape index (κ3) is 2.67. The number of allylic oxidation sites excluding steroid dienone is 2. The largest absolute Gasteiger partial charge is 0.550 e. The number of rotatable bonds is 3. The quantitative estimate of drug-likeness (QED) is 0.663. The number of anilines is 1. The lowest BCUT2D eigenvalue weighted by molar-refractivity contribution is -0.313. The Morgan fingerprint density at radius 3 is 2.60 bits per heavy atom. The van der Waals surface area contributed by atoms with E-state index in [9.17, 15) is 20.0 Å². The van der Waals surface area contributed by atoms with Gasteiger partial charge < -0.3 is 15.2 Å². The predicted molar refractivity (Wildman–Crippen MR) is 91.6 cm³/mol. The minimum absolute atomic E-state index is 0.0452. The normalized spacial score (nSPS) is 29.7. The predicted octanol–water partition coefficient (Wildman–Crippen LogP) is 2.02. The van der Waals surface area contributed by atoms with E-state index in [4.69, 9.17) is 0 Å². The topological polar surface area (TPSA) is 93.0 Å². The molecule has 4 atom stereocenters. The van der Waals surface area contributed by atoms with Crippen molar-refractivity contribution < 1.29 is 14.7 Å². The molecule has 3 aliphatic rings. The number of carbonyl (C=O) groups excluding carboxylic acids is 2. The summed E-state index contributed by atoms with van der Waals surface area (Å²) in [6.07, 6.45) is 9.70. The van der Waals surface area contributed by atoms with Gasteiger partial charge in [-0.05, 0) is 49.5 Å². The van der Waals surface area contributed by atoms with Gasteiger partial charge in [0, 0.05) is 16.8 Å². The van der Waals surface area contributed by atoms with Gasteiger partial charge in [-0.2, -0.15) is 5.26 Å². The molecule has 0 spiro atoms. The molecular formula is C19H19N2O3S-. The summed E-state index contributed by atoms with van der Waals surface area (Å²) in [5.74, 6) is -2.97. The Bertz CT molecular complexity index is 804. The van der Waals surface area contributed by atoms with Crippen molar-refractivity contribution in [2.75, 3.05) is 5.32 Å². The van der Waals surface area contributed by atoms with Crippen molar-refractivity contribution in [3.8, 4) is 6.07 Å². The van der Waals surface area contributed by atoms with Crippen LogP contribution in [0.15, 0.2) is 12.2 Å². The molecule has 1 saturated carbocycles. The van der Waals surface area contributed by atoms with Crippen LogP contribution in [0.1, 0.15) is 41.7 Å². The highest BCUT2D eigenvalue weighted by atomic mass is 32.1. The van der Waals surface area contributed by atoms with Crippen LogP contribution < -0.4 is 10.4 Å². The van der Waals surface area contributed by atoms with Crippen LogP contribution in [0.3, 0.4) is 0 Å². The first-order valence-corrected chi connectivity index (χ1v) is 9.66. The van der Waals surface area contributed by atoms with Crippen molar-refractivity contribution >= 4 is 28.2 Å². The first kappa shape index (κ1) is 16.3. The van der Waals surface area contributed by atoms with E-state index in [1.54, 1.807) is 0 Å². The standard InChI is InChI=1S/C19H20N2O3S/c20-9-13-12-4-2-1-3-5-14(12)25-18(13)21-17(22)15-10-6-7-11(8-10)16(15)19(23)24/h6-7,10-11,15-16H,1-5,8H2,(H,21,22)(H,23,24)/p-1/t10-,11+,15-,16+/m1/s1. The minimum Gasteiger partial charge on any atom is -0.550 e. The van der Waals surface area contributed by atoms with Gasteiger partial charge in [0.2, 0.25) is 5.91 Å². The second kappa shape index (κ2) is 6.30. The number of carboxylic acid groups (broad SMARTS) is 1. The van der Waals surface area contributed by atoms with Crippen LogP contribution >= 0.6 is 11.3 Å². The Morgan fingerprint density at radius 2 is 1.88 bits per heavy atom. The highest BCUT2D eigenvalue weighted by Gasteiger charge is 2.48. The average Bonchev–Trinajstić information content (AvgIpc) is 3.23. The molecule has 0 aliphatic heterocycles. The molecule has 5 nitrogen and oxygen atoms in total. The zero-order valence-corrected chi connectivity index (χ0v) is 14.6. The maximum Gasteiger partial charge on any atom is 0.229 e. The fourth-order valence-electron chi connectivity index (χ4n) is 4.65. The van der Waals surface area contributed by atoms with Crippen LogP contribution in [0.5, 0.6) is 0 Å². The van der Waals surface area contributed by atoms with E-state index in [2.05, 4.69) is 11.4 Å². The number of fused-ring (bicyclic) bond motifs is 3. The Labute approximate surface area is 150 Å². The summed E-state index contributed by atoms with van der Waals surface area (Å²) in [4.78, 5) is 25.5.